The molecule has 23 heavy (non-hydrogen) atoms. The van der Waals surface area contributed by atoms with E-state index in [9.17, 15) is 0 Å². The summed E-state index contributed by atoms with van der Waals surface area (Å²) in [6.45, 7) is 11.2. The van der Waals surface area contributed by atoms with Crippen molar-refractivity contribution < 1.29 is 0 Å². The number of hydrogen-bond acceptors (Lipinski definition) is 5. The fourth-order valence-electron chi connectivity index (χ4n) is 3.11. The van der Waals surface area contributed by atoms with Gasteiger partial charge in [0.15, 0.2) is 5.82 Å². The highest BCUT2D eigenvalue weighted by atomic mass is 32.1. The number of aromatic nitrogens is 2. The van der Waals surface area contributed by atoms with Gasteiger partial charge in [0.2, 0.25) is 0 Å². The van der Waals surface area contributed by atoms with Crippen LogP contribution in [0.4, 0.5) is 5.82 Å². The molecule has 1 fully saturated rings. The van der Waals surface area contributed by atoms with Crippen LogP contribution in [0.15, 0.2) is 23.6 Å². The van der Waals surface area contributed by atoms with Gasteiger partial charge in [0, 0.05) is 24.8 Å². The first kappa shape index (κ1) is 16.4. The van der Waals surface area contributed by atoms with Crippen LogP contribution >= 0.6 is 11.3 Å². The first-order chi connectivity index (χ1) is 11.0. The topological polar surface area (TPSA) is 41.0 Å². The van der Waals surface area contributed by atoms with Crippen molar-refractivity contribution in [3.8, 4) is 10.7 Å². The van der Waals surface area contributed by atoms with Gasteiger partial charge in [-0.1, -0.05) is 19.9 Å². The summed E-state index contributed by atoms with van der Waals surface area (Å²) in [5, 5.41) is 5.59. The quantitative estimate of drug-likeness (QED) is 0.867. The van der Waals surface area contributed by atoms with E-state index in [4.69, 9.17) is 0 Å². The van der Waals surface area contributed by atoms with Crippen molar-refractivity contribution >= 4 is 17.2 Å². The molecule has 3 rings (SSSR count). The van der Waals surface area contributed by atoms with Crippen molar-refractivity contribution in [2.45, 2.75) is 33.6 Å². The molecule has 0 unspecified atom stereocenters. The Morgan fingerprint density at radius 3 is 2.74 bits per heavy atom. The minimum Gasteiger partial charge on any atom is -0.369 e. The molecule has 4 nitrogen and oxygen atoms in total. The van der Waals surface area contributed by atoms with Gasteiger partial charge in [-0.2, -0.15) is 0 Å². The van der Waals surface area contributed by atoms with E-state index in [-0.39, 0.29) is 5.41 Å². The van der Waals surface area contributed by atoms with E-state index in [1.54, 1.807) is 11.3 Å². The summed E-state index contributed by atoms with van der Waals surface area (Å²) in [6.07, 6.45) is 2.69. The zero-order valence-electron chi connectivity index (χ0n) is 14.3. The van der Waals surface area contributed by atoms with Crippen molar-refractivity contribution in [2.24, 2.45) is 5.41 Å². The molecule has 0 atom stereocenters. The van der Waals surface area contributed by atoms with Crippen molar-refractivity contribution in [1.82, 2.24) is 14.9 Å². The third-order valence-electron chi connectivity index (χ3n) is 4.19. The van der Waals surface area contributed by atoms with Gasteiger partial charge < -0.3 is 10.2 Å². The number of nitrogens with zero attached hydrogens (tertiary/aromatic N) is 3. The molecule has 0 spiro atoms. The Bertz CT molecular complexity index is 630. The summed E-state index contributed by atoms with van der Waals surface area (Å²) in [4.78, 5) is 12.9. The summed E-state index contributed by atoms with van der Waals surface area (Å²) in [6, 6.07) is 6.14. The molecular weight excluding hydrogens is 304 g/mol. The first-order valence-corrected chi connectivity index (χ1v) is 9.26. The van der Waals surface area contributed by atoms with E-state index in [1.807, 2.05) is 19.1 Å². The predicted molar refractivity (Wildman–Crippen MR) is 98.0 cm³/mol. The van der Waals surface area contributed by atoms with Crippen LogP contribution in [-0.4, -0.2) is 41.0 Å². The zero-order chi connectivity index (χ0) is 16.3. The van der Waals surface area contributed by atoms with Crippen LogP contribution in [0.5, 0.6) is 0 Å². The lowest BCUT2D eigenvalue weighted by atomic mass is 9.93. The van der Waals surface area contributed by atoms with Crippen LogP contribution in [0, 0.1) is 12.3 Å². The van der Waals surface area contributed by atoms with Crippen LogP contribution in [0.3, 0.4) is 0 Å². The fourth-order valence-corrected chi connectivity index (χ4v) is 3.76. The first-order valence-electron chi connectivity index (χ1n) is 8.38. The Morgan fingerprint density at radius 2 is 2.04 bits per heavy atom. The van der Waals surface area contributed by atoms with Crippen molar-refractivity contribution in [3.63, 3.8) is 0 Å². The molecule has 2 aromatic rings. The maximum atomic E-state index is 4.69. The standard InChI is InChI=1S/C18H26N4S/c1-14-11-16(21-17(20-14)15-7-6-10-23-15)19-12-18(2,3)13-22-8-4-5-9-22/h6-7,10-11H,4-5,8-9,12-13H2,1-3H3,(H,19,20,21). The molecule has 124 valence electrons. The van der Waals surface area contributed by atoms with Crippen LogP contribution < -0.4 is 5.32 Å². The van der Waals surface area contributed by atoms with E-state index in [2.05, 4.69) is 45.5 Å². The summed E-state index contributed by atoms with van der Waals surface area (Å²) < 4.78 is 0. The lowest BCUT2D eigenvalue weighted by Crippen LogP contribution is -2.37. The zero-order valence-corrected chi connectivity index (χ0v) is 15.1. The molecule has 3 heterocycles. The van der Waals surface area contributed by atoms with Crippen LogP contribution in [-0.2, 0) is 0 Å². The van der Waals surface area contributed by atoms with Crippen LogP contribution in [0.2, 0.25) is 0 Å². The van der Waals surface area contributed by atoms with Crippen LogP contribution in [0.25, 0.3) is 10.7 Å². The highest BCUT2D eigenvalue weighted by Gasteiger charge is 2.23. The molecule has 1 aliphatic rings. The highest BCUT2D eigenvalue weighted by molar-refractivity contribution is 7.13. The molecule has 0 aromatic carbocycles. The molecule has 1 saturated heterocycles. The molecule has 0 aliphatic carbocycles. The minimum atomic E-state index is 0.228. The second-order valence-electron chi connectivity index (χ2n) is 7.20. The number of rotatable bonds is 6. The lowest BCUT2D eigenvalue weighted by molar-refractivity contribution is 0.220. The number of aryl methyl sites for hydroxylation is 1. The molecule has 0 bridgehead atoms. The Hall–Kier alpha value is -1.46. The Labute approximate surface area is 143 Å². The molecule has 5 heteroatoms. The number of nitrogens with one attached hydrogen (secondary N) is 1. The van der Waals surface area contributed by atoms with Crippen molar-refractivity contribution in [3.05, 3.63) is 29.3 Å². The average molecular weight is 331 g/mol. The largest absolute Gasteiger partial charge is 0.369 e. The van der Waals surface area contributed by atoms with Gasteiger partial charge in [0.05, 0.1) is 4.88 Å². The van der Waals surface area contributed by atoms with E-state index >= 15 is 0 Å². The summed E-state index contributed by atoms with van der Waals surface area (Å²) in [5.74, 6) is 1.75. The Kier molecular flexibility index (Phi) is 4.97. The van der Waals surface area contributed by atoms with Crippen molar-refractivity contribution in [2.75, 3.05) is 31.5 Å². The summed E-state index contributed by atoms with van der Waals surface area (Å²) in [5.41, 5.74) is 1.23. The monoisotopic (exact) mass is 330 g/mol. The third kappa shape index (κ3) is 4.52. The van der Waals surface area contributed by atoms with Gasteiger partial charge in [-0.3, -0.25) is 0 Å². The lowest BCUT2D eigenvalue weighted by Gasteiger charge is -2.30. The third-order valence-corrected chi connectivity index (χ3v) is 5.06. The normalized spacial score (nSPS) is 16.0. The molecule has 0 radical (unpaired) electrons. The minimum absolute atomic E-state index is 0.228. The van der Waals surface area contributed by atoms with E-state index < -0.39 is 0 Å². The van der Waals surface area contributed by atoms with Crippen LogP contribution in [0.1, 0.15) is 32.4 Å². The molecule has 2 aromatic heterocycles. The average Bonchev–Trinajstić information content (AvgIpc) is 3.17. The van der Waals surface area contributed by atoms with Gasteiger partial charge in [0.1, 0.15) is 5.82 Å². The Balaban J connectivity index is 1.65. The molecule has 0 amide bonds. The van der Waals surface area contributed by atoms with Gasteiger partial charge in [-0.15, -0.1) is 11.3 Å². The molecular formula is C18H26N4S. The van der Waals surface area contributed by atoms with Gasteiger partial charge in [-0.05, 0) is 49.7 Å². The maximum Gasteiger partial charge on any atom is 0.171 e. The second kappa shape index (κ2) is 6.97. The van der Waals surface area contributed by atoms with E-state index in [0.717, 1.165) is 35.3 Å². The predicted octanol–water partition coefficient (Wildman–Crippen LogP) is 4.05. The van der Waals surface area contributed by atoms with Gasteiger partial charge >= 0.3 is 0 Å². The number of anilines is 1. The SMILES string of the molecule is Cc1cc(NCC(C)(C)CN2CCCC2)nc(-c2cccs2)n1. The Morgan fingerprint density at radius 1 is 1.26 bits per heavy atom. The molecule has 1 N–H and O–H groups in total. The summed E-state index contributed by atoms with van der Waals surface area (Å²) in [7, 11) is 0. The number of likely N-dealkylation sites (tertiary alicyclic amines) is 1. The van der Waals surface area contributed by atoms with E-state index in [0.29, 0.717) is 0 Å². The maximum absolute atomic E-state index is 4.69. The molecule has 0 saturated carbocycles. The number of thiophene rings is 1. The van der Waals surface area contributed by atoms with E-state index in [1.165, 1.54) is 25.9 Å². The molecule has 1 aliphatic heterocycles. The fraction of sp³-hybridized carbons (Fsp3) is 0.556. The number of hydrogen-bond donors (Lipinski definition) is 1. The van der Waals surface area contributed by atoms with Gasteiger partial charge in [0.25, 0.3) is 0 Å². The second-order valence-corrected chi connectivity index (χ2v) is 8.14. The summed E-state index contributed by atoms with van der Waals surface area (Å²) >= 11 is 1.68. The van der Waals surface area contributed by atoms with Crippen molar-refractivity contribution in [1.29, 1.82) is 0 Å². The smallest absolute Gasteiger partial charge is 0.171 e. The highest BCUT2D eigenvalue weighted by Crippen LogP contribution is 2.24. The van der Waals surface area contributed by atoms with Gasteiger partial charge in [-0.25, -0.2) is 9.97 Å².